The Balaban J connectivity index is 1.89. The summed E-state index contributed by atoms with van der Waals surface area (Å²) in [7, 11) is 0. The lowest BCUT2D eigenvalue weighted by Crippen LogP contribution is -2.40. The normalized spacial score (nSPS) is 19.2. The summed E-state index contributed by atoms with van der Waals surface area (Å²) in [4.78, 5) is 15.3. The molecule has 0 spiro atoms. The molecule has 0 saturated carbocycles. The second-order valence-electron chi connectivity index (χ2n) is 5.20. The average molecular weight is 276 g/mol. The molecule has 1 atom stereocenters. The van der Waals surface area contributed by atoms with Crippen molar-refractivity contribution >= 4 is 16.8 Å². The predicted octanol–water partition coefficient (Wildman–Crippen LogP) is 2.52. The van der Waals surface area contributed by atoms with Crippen molar-refractivity contribution in [2.75, 3.05) is 13.2 Å². The molecule has 106 valence electrons. The van der Waals surface area contributed by atoms with Gasteiger partial charge in [-0.25, -0.2) is 4.39 Å². The number of hydrogen-bond acceptors (Lipinski definition) is 2. The molecule has 2 N–H and O–H groups in total. The second kappa shape index (κ2) is 5.25. The van der Waals surface area contributed by atoms with Gasteiger partial charge in [-0.1, -0.05) is 6.07 Å². The second-order valence-corrected chi connectivity index (χ2v) is 5.20. The summed E-state index contributed by atoms with van der Waals surface area (Å²) in [6, 6.07) is 3.10. The maximum Gasteiger partial charge on any atom is 0.253 e. The van der Waals surface area contributed by atoms with Crippen LogP contribution in [0.1, 0.15) is 28.8 Å². The van der Waals surface area contributed by atoms with E-state index in [4.69, 9.17) is 4.74 Å². The molecular formula is C15H17FN2O2. The Morgan fingerprint density at radius 1 is 1.50 bits per heavy atom. The minimum Gasteiger partial charge on any atom is -0.379 e. The molecule has 1 aliphatic rings. The SMILES string of the molecule is Cc1ccc(F)c2c(C(=O)N[C@H]3CCCOC3)c[nH]c12. The van der Waals surface area contributed by atoms with Crippen molar-refractivity contribution in [3.8, 4) is 0 Å². The number of fused-ring (bicyclic) bond motifs is 1. The topological polar surface area (TPSA) is 54.1 Å². The van der Waals surface area contributed by atoms with E-state index in [9.17, 15) is 9.18 Å². The summed E-state index contributed by atoms with van der Waals surface area (Å²) in [6.07, 6.45) is 3.40. The number of aromatic amines is 1. The first-order valence-corrected chi connectivity index (χ1v) is 6.81. The van der Waals surface area contributed by atoms with Crippen LogP contribution in [0, 0.1) is 12.7 Å². The maximum absolute atomic E-state index is 14.0. The van der Waals surface area contributed by atoms with E-state index in [2.05, 4.69) is 10.3 Å². The van der Waals surface area contributed by atoms with E-state index in [1.54, 1.807) is 12.3 Å². The summed E-state index contributed by atoms with van der Waals surface area (Å²) in [5.74, 6) is -0.631. The van der Waals surface area contributed by atoms with Gasteiger partial charge in [0, 0.05) is 18.2 Å². The first kappa shape index (κ1) is 13.1. The molecule has 2 heterocycles. The number of nitrogens with one attached hydrogen (secondary N) is 2. The third-order valence-electron chi connectivity index (χ3n) is 3.73. The highest BCUT2D eigenvalue weighted by Gasteiger charge is 2.21. The number of rotatable bonds is 2. The smallest absolute Gasteiger partial charge is 0.253 e. The Hall–Kier alpha value is -1.88. The molecule has 2 aromatic rings. The molecule has 0 radical (unpaired) electrons. The first-order chi connectivity index (χ1) is 9.66. The zero-order valence-corrected chi connectivity index (χ0v) is 11.3. The van der Waals surface area contributed by atoms with Gasteiger partial charge in [-0.3, -0.25) is 4.79 Å². The molecule has 1 amide bonds. The van der Waals surface area contributed by atoms with E-state index in [-0.39, 0.29) is 17.8 Å². The third kappa shape index (κ3) is 2.29. The molecule has 0 aliphatic carbocycles. The zero-order chi connectivity index (χ0) is 14.1. The van der Waals surface area contributed by atoms with Crippen molar-refractivity contribution in [1.29, 1.82) is 0 Å². The maximum atomic E-state index is 14.0. The number of carbonyl (C=O) groups excluding carboxylic acids is 1. The lowest BCUT2D eigenvalue weighted by atomic mass is 10.1. The molecule has 1 aliphatic heterocycles. The van der Waals surface area contributed by atoms with Gasteiger partial charge in [-0.05, 0) is 31.4 Å². The molecular weight excluding hydrogens is 259 g/mol. The van der Waals surface area contributed by atoms with Gasteiger partial charge in [-0.2, -0.15) is 0 Å². The van der Waals surface area contributed by atoms with E-state index in [0.29, 0.717) is 23.1 Å². The number of aromatic nitrogens is 1. The van der Waals surface area contributed by atoms with Crippen molar-refractivity contribution in [2.24, 2.45) is 0 Å². The van der Waals surface area contributed by atoms with Crippen LogP contribution in [-0.2, 0) is 4.74 Å². The van der Waals surface area contributed by atoms with Gasteiger partial charge in [-0.15, -0.1) is 0 Å². The minimum atomic E-state index is -0.378. The summed E-state index contributed by atoms with van der Waals surface area (Å²) in [6.45, 7) is 3.15. The number of carbonyl (C=O) groups is 1. The van der Waals surface area contributed by atoms with Crippen molar-refractivity contribution in [3.63, 3.8) is 0 Å². The van der Waals surface area contributed by atoms with E-state index < -0.39 is 0 Å². The Labute approximate surface area is 116 Å². The molecule has 4 nitrogen and oxygen atoms in total. The van der Waals surface area contributed by atoms with Gasteiger partial charge in [0.15, 0.2) is 0 Å². The standard InChI is InChI=1S/C15H17FN2O2/c1-9-4-5-12(16)13-11(7-17-14(9)13)15(19)18-10-3-2-6-20-8-10/h4-5,7,10,17H,2-3,6,8H2,1H3,(H,18,19)/t10-/m0/s1. The van der Waals surface area contributed by atoms with E-state index in [1.165, 1.54) is 6.07 Å². The van der Waals surface area contributed by atoms with Crippen LogP contribution in [0.25, 0.3) is 10.9 Å². The van der Waals surface area contributed by atoms with Gasteiger partial charge in [0.2, 0.25) is 0 Å². The molecule has 0 bridgehead atoms. The highest BCUT2D eigenvalue weighted by Crippen LogP contribution is 2.24. The van der Waals surface area contributed by atoms with Crippen LogP contribution < -0.4 is 5.32 Å². The Morgan fingerprint density at radius 3 is 3.10 bits per heavy atom. The molecule has 1 saturated heterocycles. The Bertz CT molecular complexity index is 645. The highest BCUT2D eigenvalue weighted by molar-refractivity contribution is 6.07. The van der Waals surface area contributed by atoms with Crippen LogP contribution in [0.2, 0.25) is 0 Å². The molecule has 0 unspecified atom stereocenters. The lowest BCUT2D eigenvalue weighted by Gasteiger charge is -2.22. The van der Waals surface area contributed by atoms with Crippen LogP contribution >= 0.6 is 0 Å². The fourth-order valence-electron chi connectivity index (χ4n) is 2.64. The molecule has 5 heteroatoms. The molecule has 1 aromatic heterocycles. The fraction of sp³-hybridized carbons (Fsp3) is 0.400. The monoisotopic (exact) mass is 276 g/mol. The average Bonchev–Trinajstić information content (AvgIpc) is 2.90. The Kier molecular flexibility index (Phi) is 3.44. The number of ether oxygens (including phenoxy) is 1. The van der Waals surface area contributed by atoms with Gasteiger partial charge >= 0.3 is 0 Å². The quantitative estimate of drug-likeness (QED) is 0.885. The first-order valence-electron chi connectivity index (χ1n) is 6.81. The summed E-state index contributed by atoms with van der Waals surface area (Å²) in [5, 5.41) is 3.27. The van der Waals surface area contributed by atoms with Crippen LogP contribution in [0.3, 0.4) is 0 Å². The van der Waals surface area contributed by atoms with Crippen molar-refractivity contribution in [3.05, 3.63) is 35.3 Å². The summed E-state index contributed by atoms with van der Waals surface area (Å²) in [5.41, 5.74) is 1.95. The summed E-state index contributed by atoms with van der Waals surface area (Å²) < 4.78 is 19.3. The fourth-order valence-corrected chi connectivity index (χ4v) is 2.64. The van der Waals surface area contributed by atoms with Crippen LogP contribution in [0.4, 0.5) is 4.39 Å². The molecule has 1 aromatic carbocycles. The van der Waals surface area contributed by atoms with Gasteiger partial charge in [0.25, 0.3) is 5.91 Å². The van der Waals surface area contributed by atoms with Crippen LogP contribution in [0.5, 0.6) is 0 Å². The van der Waals surface area contributed by atoms with Crippen LogP contribution in [0.15, 0.2) is 18.3 Å². The van der Waals surface area contributed by atoms with E-state index in [0.717, 1.165) is 25.0 Å². The summed E-state index contributed by atoms with van der Waals surface area (Å²) >= 11 is 0. The highest BCUT2D eigenvalue weighted by atomic mass is 19.1. The van der Waals surface area contributed by atoms with Crippen molar-refractivity contribution < 1.29 is 13.9 Å². The number of amides is 1. The van der Waals surface area contributed by atoms with Crippen molar-refractivity contribution in [1.82, 2.24) is 10.3 Å². The number of aryl methyl sites for hydroxylation is 1. The molecule has 3 rings (SSSR count). The number of benzene rings is 1. The van der Waals surface area contributed by atoms with Crippen LogP contribution in [-0.4, -0.2) is 30.1 Å². The number of H-pyrrole nitrogens is 1. The molecule has 20 heavy (non-hydrogen) atoms. The van der Waals surface area contributed by atoms with Crippen molar-refractivity contribution in [2.45, 2.75) is 25.8 Å². The molecule has 1 fully saturated rings. The third-order valence-corrected chi connectivity index (χ3v) is 3.73. The Morgan fingerprint density at radius 2 is 2.35 bits per heavy atom. The minimum absolute atomic E-state index is 0.00840. The largest absolute Gasteiger partial charge is 0.379 e. The van der Waals surface area contributed by atoms with E-state index >= 15 is 0 Å². The van der Waals surface area contributed by atoms with Gasteiger partial charge in [0.1, 0.15) is 5.82 Å². The zero-order valence-electron chi connectivity index (χ0n) is 11.3. The van der Waals surface area contributed by atoms with Gasteiger partial charge in [0.05, 0.1) is 23.7 Å². The number of halogens is 1. The lowest BCUT2D eigenvalue weighted by molar-refractivity contribution is 0.0625. The van der Waals surface area contributed by atoms with Gasteiger partial charge < -0.3 is 15.0 Å². The number of hydrogen-bond donors (Lipinski definition) is 2. The predicted molar refractivity (Wildman–Crippen MR) is 74.3 cm³/mol. The van der Waals surface area contributed by atoms with E-state index in [1.807, 2.05) is 6.92 Å².